The topological polar surface area (TPSA) is 66.9 Å². The molecule has 2 N–H and O–H groups in total. The minimum Gasteiger partial charge on any atom is -0.369 e. The number of carbonyl (C=O) groups excluding carboxylic acids is 1. The summed E-state index contributed by atoms with van der Waals surface area (Å²) in [5.41, 5.74) is 4.23. The predicted octanol–water partition coefficient (Wildman–Crippen LogP) is 6.07. The van der Waals surface area contributed by atoms with Gasteiger partial charge in [0.15, 0.2) is 0 Å². The van der Waals surface area contributed by atoms with Crippen molar-refractivity contribution in [1.82, 2.24) is 9.97 Å². The lowest BCUT2D eigenvalue weighted by Gasteiger charge is -2.10. The van der Waals surface area contributed by atoms with Crippen LogP contribution in [0.1, 0.15) is 16.9 Å². The van der Waals surface area contributed by atoms with Crippen LogP contribution in [-0.2, 0) is 4.79 Å². The first kappa shape index (κ1) is 20.3. The van der Waals surface area contributed by atoms with Crippen LogP contribution in [0.3, 0.4) is 0 Å². The number of nitrogens with one attached hydrogen (secondary N) is 2. The zero-order chi connectivity index (χ0) is 21.1. The number of nitrogens with zero attached hydrogens (tertiary/aromatic N) is 2. The number of fused-ring (bicyclic) bond motifs is 1. The lowest BCUT2D eigenvalue weighted by molar-refractivity contribution is -0.115. The molecule has 0 unspecified atom stereocenters. The molecule has 4 rings (SSSR count). The molecule has 0 radical (unpaired) electrons. The van der Waals surface area contributed by atoms with Crippen LogP contribution < -0.4 is 10.6 Å². The molecule has 0 bridgehead atoms. The molecule has 0 atom stereocenters. The van der Waals surface area contributed by atoms with Crippen LogP contribution in [0.5, 0.6) is 0 Å². The van der Waals surface area contributed by atoms with Crippen LogP contribution in [0.4, 0.5) is 11.5 Å². The van der Waals surface area contributed by atoms with Crippen molar-refractivity contribution >= 4 is 50.6 Å². The van der Waals surface area contributed by atoms with E-state index in [1.54, 1.807) is 41.9 Å². The number of aryl methyl sites for hydroxylation is 2. The Labute approximate surface area is 184 Å². The highest BCUT2D eigenvalue weighted by molar-refractivity contribution is 7.19. The standard InChI is InChI=1S/C23H21ClN4OS/c1-14-3-5-16(6-4-14)20-15(2)30-23-21(20)22(26-13-27-23)25-12-11-19(29)28-18-9-7-17(24)8-10-18/h3-10,13H,11-12H2,1-2H3,(H,28,29)(H,25,26,27). The van der Waals surface area contributed by atoms with E-state index in [2.05, 4.69) is 58.7 Å². The Kier molecular flexibility index (Phi) is 5.97. The number of anilines is 2. The van der Waals surface area contributed by atoms with E-state index in [4.69, 9.17) is 11.6 Å². The van der Waals surface area contributed by atoms with E-state index in [1.165, 1.54) is 10.4 Å². The maximum Gasteiger partial charge on any atom is 0.226 e. The van der Waals surface area contributed by atoms with Gasteiger partial charge in [0.25, 0.3) is 0 Å². The number of hydrogen-bond acceptors (Lipinski definition) is 5. The molecule has 0 aliphatic carbocycles. The predicted molar refractivity (Wildman–Crippen MR) is 126 cm³/mol. The van der Waals surface area contributed by atoms with E-state index < -0.39 is 0 Å². The molecule has 0 saturated carbocycles. The van der Waals surface area contributed by atoms with Crippen molar-refractivity contribution in [1.29, 1.82) is 0 Å². The van der Waals surface area contributed by atoms with Gasteiger partial charge in [-0.05, 0) is 43.7 Å². The van der Waals surface area contributed by atoms with Gasteiger partial charge in [0.05, 0.1) is 5.39 Å². The number of benzene rings is 2. The Morgan fingerprint density at radius 1 is 1.03 bits per heavy atom. The smallest absolute Gasteiger partial charge is 0.226 e. The Morgan fingerprint density at radius 3 is 2.50 bits per heavy atom. The number of carbonyl (C=O) groups is 1. The van der Waals surface area contributed by atoms with E-state index >= 15 is 0 Å². The van der Waals surface area contributed by atoms with Crippen molar-refractivity contribution in [2.75, 3.05) is 17.2 Å². The second-order valence-corrected chi connectivity index (χ2v) is 8.67. The molecule has 7 heteroatoms. The highest BCUT2D eigenvalue weighted by Crippen LogP contribution is 2.40. The molecule has 2 aromatic carbocycles. The van der Waals surface area contributed by atoms with Crippen molar-refractivity contribution in [3.8, 4) is 11.1 Å². The van der Waals surface area contributed by atoms with Crippen LogP contribution >= 0.6 is 22.9 Å². The monoisotopic (exact) mass is 436 g/mol. The molecule has 152 valence electrons. The van der Waals surface area contributed by atoms with Gasteiger partial charge in [0.2, 0.25) is 5.91 Å². The third-order valence-electron chi connectivity index (χ3n) is 4.78. The second-order valence-electron chi connectivity index (χ2n) is 7.03. The number of hydrogen-bond donors (Lipinski definition) is 2. The number of halogens is 1. The van der Waals surface area contributed by atoms with Gasteiger partial charge in [0.1, 0.15) is 17.0 Å². The summed E-state index contributed by atoms with van der Waals surface area (Å²) in [6, 6.07) is 15.5. The van der Waals surface area contributed by atoms with Gasteiger partial charge in [-0.25, -0.2) is 9.97 Å². The fraction of sp³-hybridized carbons (Fsp3) is 0.174. The largest absolute Gasteiger partial charge is 0.369 e. The summed E-state index contributed by atoms with van der Waals surface area (Å²) in [5.74, 6) is 0.676. The van der Waals surface area contributed by atoms with Crippen molar-refractivity contribution in [3.05, 3.63) is 70.3 Å². The number of amides is 1. The highest BCUT2D eigenvalue weighted by atomic mass is 35.5. The SMILES string of the molecule is Cc1ccc(-c2c(C)sc3ncnc(NCCC(=O)Nc4ccc(Cl)cc4)c23)cc1. The van der Waals surface area contributed by atoms with E-state index in [1.807, 2.05) is 0 Å². The molecule has 4 aromatic rings. The maximum atomic E-state index is 12.3. The van der Waals surface area contributed by atoms with Crippen molar-refractivity contribution in [2.45, 2.75) is 20.3 Å². The van der Waals surface area contributed by atoms with Crippen LogP contribution in [-0.4, -0.2) is 22.4 Å². The van der Waals surface area contributed by atoms with Crippen LogP contribution in [0, 0.1) is 13.8 Å². The zero-order valence-electron chi connectivity index (χ0n) is 16.7. The van der Waals surface area contributed by atoms with Crippen molar-refractivity contribution in [3.63, 3.8) is 0 Å². The lowest BCUT2D eigenvalue weighted by atomic mass is 10.0. The molecular weight excluding hydrogens is 416 g/mol. The van der Waals surface area contributed by atoms with Gasteiger partial charge >= 0.3 is 0 Å². The molecule has 5 nitrogen and oxygen atoms in total. The minimum atomic E-state index is -0.0737. The third-order valence-corrected chi connectivity index (χ3v) is 6.04. The van der Waals surface area contributed by atoms with E-state index in [0.717, 1.165) is 32.8 Å². The summed E-state index contributed by atoms with van der Waals surface area (Å²) in [6.07, 6.45) is 1.88. The average molecular weight is 437 g/mol. The summed E-state index contributed by atoms with van der Waals surface area (Å²) in [6.45, 7) is 4.65. The number of aromatic nitrogens is 2. The number of thiophene rings is 1. The Bertz CT molecular complexity index is 1190. The molecule has 0 saturated heterocycles. The fourth-order valence-electron chi connectivity index (χ4n) is 3.30. The van der Waals surface area contributed by atoms with E-state index in [0.29, 0.717) is 18.0 Å². The third kappa shape index (κ3) is 4.45. The second kappa shape index (κ2) is 8.81. The fourth-order valence-corrected chi connectivity index (χ4v) is 4.44. The normalized spacial score (nSPS) is 10.9. The zero-order valence-corrected chi connectivity index (χ0v) is 18.3. The van der Waals surface area contributed by atoms with Crippen LogP contribution in [0.2, 0.25) is 5.02 Å². The van der Waals surface area contributed by atoms with Gasteiger partial charge in [-0.3, -0.25) is 4.79 Å². The summed E-state index contributed by atoms with van der Waals surface area (Å²) < 4.78 is 0. The first-order valence-electron chi connectivity index (χ1n) is 9.61. The first-order valence-corrected chi connectivity index (χ1v) is 10.8. The molecule has 1 amide bonds. The van der Waals surface area contributed by atoms with Gasteiger partial charge in [-0.15, -0.1) is 11.3 Å². The summed E-state index contributed by atoms with van der Waals surface area (Å²) in [5, 5.41) is 7.83. The molecule has 30 heavy (non-hydrogen) atoms. The molecule has 2 heterocycles. The van der Waals surface area contributed by atoms with Crippen molar-refractivity contribution in [2.24, 2.45) is 0 Å². The Balaban J connectivity index is 1.51. The Hall–Kier alpha value is -2.96. The molecule has 2 aromatic heterocycles. The van der Waals surface area contributed by atoms with Gasteiger partial charge in [-0.2, -0.15) is 0 Å². The van der Waals surface area contributed by atoms with E-state index in [-0.39, 0.29) is 5.91 Å². The summed E-state index contributed by atoms with van der Waals surface area (Å²) in [4.78, 5) is 23.3. The van der Waals surface area contributed by atoms with Crippen molar-refractivity contribution < 1.29 is 4.79 Å². The minimum absolute atomic E-state index is 0.0737. The quantitative estimate of drug-likeness (QED) is 0.385. The maximum absolute atomic E-state index is 12.3. The van der Waals surface area contributed by atoms with Gasteiger partial charge < -0.3 is 10.6 Å². The van der Waals surface area contributed by atoms with Gasteiger partial charge in [-0.1, -0.05) is 41.4 Å². The highest BCUT2D eigenvalue weighted by Gasteiger charge is 2.16. The molecule has 0 aliphatic heterocycles. The molecule has 0 fully saturated rings. The van der Waals surface area contributed by atoms with Crippen LogP contribution in [0.15, 0.2) is 54.9 Å². The first-order chi connectivity index (χ1) is 14.5. The average Bonchev–Trinajstić information content (AvgIpc) is 3.07. The molecular formula is C23H21ClN4OS. The Morgan fingerprint density at radius 2 is 1.77 bits per heavy atom. The summed E-state index contributed by atoms with van der Waals surface area (Å²) >= 11 is 7.53. The summed E-state index contributed by atoms with van der Waals surface area (Å²) in [7, 11) is 0. The van der Waals surface area contributed by atoms with Gasteiger partial charge in [0, 0.05) is 34.1 Å². The molecule has 0 spiro atoms. The number of rotatable bonds is 6. The molecule has 0 aliphatic rings. The van der Waals surface area contributed by atoms with E-state index in [9.17, 15) is 4.79 Å². The van der Waals surface area contributed by atoms with Crippen LogP contribution in [0.25, 0.3) is 21.3 Å². The lowest BCUT2D eigenvalue weighted by Crippen LogP contribution is -2.16.